The average molecular weight is 265 g/mol. The van der Waals surface area contributed by atoms with Crippen LogP contribution in [0.15, 0.2) is 18.0 Å². The molecule has 1 unspecified atom stereocenters. The number of aromatic nitrogens is 3. The molecule has 0 saturated heterocycles. The van der Waals surface area contributed by atoms with E-state index in [1.807, 2.05) is 36.6 Å². The molecule has 0 spiro atoms. The van der Waals surface area contributed by atoms with Crippen LogP contribution in [-0.2, 0) is 13.6 Å². The summed E-state index contributed by atoms with van der Waals surface area (Å²) in [4.78, 5) is 12.0. The zero-order valence-electron chi connectivity index (χ0n) is 11.0. The number of hydrogen-bond acceptors (Lipinski definition) is 5. The number of hydrogen-bond donors (Lipinski definition) is 1. The summed E-state index contributed by atoms with van der Waals surface area (Å²) in [6, 6.07) is 0.180. The Morgan fingerprint density at radius 1 is 1.56 bits per heavy atom. The first-order valence-corrected chi connectivity index (χ1v) is 6.77. The molecule has 18 heavy (non-hydrogen) atoms. The largest absolute Gasteiger partial charge is 0.336 e. The molecule has 0 aliphatic heterocycles. The molecule has 5 nitrogen and oxygen atoms in total. The van der Waals surface area contributed by atoms with Gasteiger partial charge in [-0.2, -0.15) is 0 Å². The minimum Gasteiger partial charge on any atom is -0.336 e. The summed E-state index contributed by atoms with van der Waals surface area (Å²) >= 11 is 1.69. The van der Waals surface area contributed by atoms with Gasteiger partial charge in [0.15, 0.2) is 0 Å². The number of aryl methyl sites for hydroxylation is 2. The Morgan fingerprint density at radius 2 is 2.33 bits per heavy atom. The van der Waals surface area contributed by atoms with Crippen molar-refractivity contribution in [3.8, 4) is 0 Å². The zero-order chi connectivity index (χ0) is 13.1. The maximum atomic E-state index is 5.91. The van der Waals surface area contributed by atoms with Crippen LogP contribution in [0, 0.1) is 6.92 Å². The van der Waals surface area contributed by atoms with Gasteiger partial charge in [-0.1, -0.05) is 0 Å². The van der Waals surface area contributed by atoms with Crippen LogP contribution in [-0.4, -0.2) is 33.0 Å². The number of nitrogens with zero attached hydrogens (tertiary/aromatic N) is 4. The van der Waals surface area contributed by atoms with Gasteiger partial charge in [0.1, 0.15) is 0 Å². The van der Waals surface area contributed by atoms with E-state index in [2.05, 4.69) is 21.9 Å². The normalized spacial score (nSPS) is 13.2. The fraction of sp³-hybridized carbons (Fsp3) is 0.500. The van der Waals surface area contributed by atoms with Crippen molar-refractivity contribution in [3.05, 3.63) is 34.3 Å². The van der Waals surface area contributed by atoms with Crippen molar-refractivity contribution in [2.24, 2.45) is 12.8 Å². The first kappa shape index (κ1) is 13.2. The van der Waals surface area contributed by atoms with Gasteiger partial charge in [-0.25, -0.2) is 9.97 Å². The second kappa shape index (κ2) is 5.60. The molecule has 1 atom stereocenters. The maximum Gasteiger partial charge on any atom is 0.0946 e. The summed E-state index contributed by atoms with van der Waals surface area (Å²) < 4.78 is 2.02. The molecule has 2 aromatic heterocycles. The third kappa shape index (κ3) is 2.60. The van der Waals surface area contributed by atoms with Crippen LogP contribution in [0.25, 0.3) is 0 Å². The van der Waals surface area contributed by atoms with Crippen LogP contribution in [0.5, 0.6) is 0 Å². The van der Waals surface area contributed by atoms with E-state index in [-0.39, 0.29) is 6.04 Å². The lowest BCUT2D eigenvalue weighted by molar-refractivity contribution is 0.235. The van der Waals surface area contributed by atoms with Crippen molar-refractivity contribution in [1.29, 1.82) is 0 Å². The van der Waals surface area contributed by atoms with E-state index < -0.39 is 0 Å². The first-order valence-electron chi connectivity index (χ1n) is 5.89. The highest BCUT2D eigenvalue weighted by Gasteiger charge is 2.19. The van der Waals surface area contributed by atoms with E-state index in [0.29, 0.717) is 6.54 Å². The van der Waals surface area contributed by atoms with E-state index in [1.165, 1.54) is 4.88 Å². The highest BCUT2D eigenvalue weighted by Crippen LogP contribution is 2.22. The Bertz CT molecular complexity index is 504. The van der Waals surface area contributed by atoms with Gasteiger partial charge in [0.05, 0.1) is 29.3 Å². The third-order valence-electron chi connectivity index (χ3n) is 3.19. The number of likely N-dealkylation sites (N-methyl/N-ethyl adjacent to an activating group) is 1. The van der Waals surface area contributed by atoms with Gasteiger partial charge in [-0.3, -0.25) is 4.90 Å². The van der Waals surface area contributed by atoms with Crippen LogP contribution >= 0.6 is 11.3 Å². The molecule has 0 aliphatic rings. The van der Waals surface area contributed by atoms with Crippen molar-refractivity contribution >= 4 is 11.3 Å². The van der Waals surface area contributed by atoms with Crippen LogP contribution in [0.1, 0.15) is 22.3 Å². The third-order valence-corrected chi connectivity index (χ3v) is 4.11. The molecular formula is C12H19N5S. The summed E-state index contributed by atoms with van der Waals surface area (Å²) in [5, 5.41) is 0. The Morgan fingerprint density at radius 3 is 2.83 bits per heavy atom. The number of nitrogens with two attached hydrogens (primary N) is 1. The van der Waals surface area contributed by atoms with E-state index >= 15 is 0 Å². The molecule has 6 heteroatoms. The van der Waals surface area contributed by atoms with Crippen molar-refractivity contribution in [3.63, 3.8) is 0 Å². The van der Waals surface area contributed by atoms with E-state index in [0.717, 1.165) is 17.9 Å². The van der Waals surface area contributed by atoms with Gasteiger partial charge >= 0.3 is 0 Å². The van der Waals surface area contributed by atoms with Crippen molar-refractivity contribution in [1.82, 2.24) is 19.4 Å². The average Bonchev–Trinajstić information content (AvgIpc) is 2.91. The molecule has 0 fully saturated rings. The van der Waals surface area contributed by atoms with Crippen LogP contribution in [0.3, 0.4) is 0 Å². The molecule has 98 valence electrons. The monoisotopic (exact) mass is 265 g/mol. The van der Waals surface area contributed by atoms with Crippen molar-refractivity contribution < 1.29 is 0 Å². The number of rotatable bonds is 5. The summed E-state index contributed by atoms with van der Waals surface area (Å²) in [7, 11) is 4.08. The van der Waals surface area contributed by atoms with Crippen molar-refractivity contribution in [2.75, 3.05) is 13.6 Å². The molecule has 2 N–H and O–H groups in total. The van der Waals surface area contributed by atoms with E-state index in [9.17, 15) is 0 Å². The SMILES string of the molecule is Cc1ncsc1CN(C)C(CN)c1cncn1C. The second-order valence-corrected chi connectivity index (χ2v) is 5.40. The lowest BCUT2D eigenvalue weighted by Gasteiger charge is -2.26. The quantitative estimate of drug-likeness (QED) is 0.885. The van der Waals surface area contributed by atoms with Crippen LogP contribution in [0.4, 0.5) is 0 Å². The fourth-order valence-electron chi connectivity index (χ4n) is 2.03. The Balaban J connectivity index is 2.14. The summed E-state index contributed by atoms with van der Waals surface area (Å²) in [6.45, 7) is 3.48. The topological polar surface area (TPSA) is 60.0 Å². The Hall–Kier alpha value is -1.24. The van der Waals surface area contributed by atoms with Gasteiger partial charge in [0.25, 0.3) is 0 Å². The van der Waals surface area contributed by atoms with Gasteiger partial charge < -0.3 is 10.3 Å². The summed E-state index contributed by atoms with van der Waals surface area (Å²) in [5.74, 6) is 0. The highest BCUT2D eigenvalue weighted by atomic mass is 32.1. The van der Waals surface area contributed by atoms with Crippen LogP contribution < -0.4 is 5.73 Å². The van der Waals surface area contributed by atoms with Crippen LogP contribution in [0.2, 0.25) is 0 Å². The van der Waals surface area contributed by atoms with Crippen molar-refractivity contribution in [2.45, 2.75) is 19.5 Å². The molecule has 0 aromatic carbocycles. The highest BCUT2D eigenvalue weighted by molar-refractivity contribution is 7.09. The predicted molar refractivity (Wildman–Crippen MR) is 73.3 cm³/mol. The van der Waals surface area contributed by atoms with Gasteiger partial charge in [-0.05, 0) is 14.0 Å². The molecule has 0 radical (unpaired) electrons. The molecule has 0 amide bonds. The minimum absolute atomic E-state index is 0.180. The zero-order valence-corrected chi connectivity index (χ0v) is 11.8. The Labute approximate surface area is 111 Å². The number of imidazole rings is 1. The molecular weight excluding hydrogens is 246 g/mol. The van der Waals surface area contributed by atoms with Gasteiger partial charge in [0.2, 0.25) is 0 Å². The molecule has 2 heterocycles. The molecule has 2 aromatic rings. The van der Waals surface area contributed by atoms with E-state index in [4.69, 9.17) is 5.73 Å². The van der Waals surface area contributed by atoms with Gasteiger partial charge in [-0.15, -0.1) is 11.3 Å². The number of thiazole rings is 1. The summed E-state index contributed by atoms with van der Waals surface area (Å²) in [6.07, 6.45) is 3.69. The molecule has 0 bridgehead atoms. The van der Waals surface area contributed by atoms with E-state index in [1.54, 1.807) is 11.3 Å². The summed E-state index contributed by atoms with van der Waals surface area (Å²) in [5.41, 5.74) is 10.0. The predicted octanol–water partition coefficient (Wildman–Crippen LogP) is 1.32. The first-order chi connectivity index (χ1) is 8.63. The lowest BCUT2D eigenvalue weighted by atomic mass is 10.2. The fourth-order valence-corrected chi connectivity index (χ4v) is 2.87. The maximum absolute atomic E-state index is 5.91. The standard InChI is InChI=1S/C12H19N5S/c1-9-12(18-8-15-9)6-16(2)10(4-13)11-5-14-7-17(11)3/h5,7-8,10H,4,6,13H2,1-3H3. The van der Waals surface area contributed by atoms with Gasteiger partial charge in [0, 0.05) is 31.2 Å². The minimum atomic E-state index is 0.180. The smallest absolute Gasteiger partial charge is 0.0946 e. The molecule has 0 aliphatic carbocycles. The second-order valence-electron chi connectivity index (χ2n) is 4.46. The molecule has 0 saturated carbocycles. The Kier molecular flexibility index (Phi) is 4.11. The molecule has 2 rings (SSSR count). The lowest BCUT2D eigenvalue weighted by Crippen LogP contribution is -2.31.